The van der Waals surface area contributed by atoms with E-state index in [4.69, 9.17) is 14.5 Å². The minimum Gasteiger partial charge on any atom is -0.421 e. The second kappa shape index (κ2) is 9.50. The SMILES string of the molecule is C[C@@H]1CN(c2nc(Oc3ccc(C(=O)N(C)C)cc3F)nc(-c3cnc4[nH]ccc4c3)n2)[C@@H](C)CO1. The smallest absolute Gasteiger partial charge is 0.327 e. The molecule has 0 aliphatic carbocycles. The largest absolute Gasteiger partial charge is 0.421 e. The Hall–Kier alpha value is -4.12. The lowest BCUT2D eigenvalue weighted by Crippen LogP contribution is -2.48. The van der Waals surface area contributed by atoms with Gasteiger partial charge in [0.05, 0.1) is 18.8 Å². The van der Waals surface area contributed by atoms with Gasteiger partial charge in [0, 0.05) is 49.5 Å². The third-order valence-electron chi connectivity index (χ3n) is 5.91. The van der Waals surface area contributed by atoms with Gasteiger partial charge in [0.2, 0.25) is 5.95 Å². The molecule has 186 valence electrons. The first kappa shape index (κ1) is 23.6. The minimum absolute atomic E-state index is 0.0112. The molecule has 0 saturated carbocycles. The molecule has 0 bridgehead atoms. The van der Waals surface area contributed by atoms with Crippen molar-refractivity contribution in [2.24, 2.45) is 0 Å². The first-order valence-corrected chi connectivity index (χ1v) is 11.6. The Kier molecular flexibility index (Phi) is 6.23. The van der Waals surface area contributed by atoms with Gasteiger partial charge in [-0.2, -0.15) is 15.0 Å². The van der Waals surface area contributed by atoms with Gasteiger partial charge >= 0.3 is 6.01 Å². The number of carbonyl (C=O) groups is 1. The summed E-state index contributed by atoms with van der Waals surface area (Å²) in [4.78, 5) is 36.7. The van der Waals surface area contributed by atoms with Gasteiger partial charge in [0.15, 0.2) is 17.4 Å². The van der Waals surface area contributed by atoms with Crippen molar-refractivity contribution < 1.29 is 18.7 Å². The number of pyridine rings is 1. The van der Waals surface area contributed by atoms with Gasteiger partial charge in [0.25, 0.3) is 5.91 Å². The van der Waals surface area contributed by atoms with Crippen LogP contribution in [0.5, 0.6) is 11.8 Å². The molecule has 0 spiro atoms. The molecular formula is C25H26FN7O3. The summed E-state index contributed by atoms with van der Waals surface area (Å²) in [6.07, 6.45) is 3.46. The molecule has 4 aromatic rings. The Morgan fingerprint density at radius 2 is 2.03 bits per heavy atom. The molecule has 1 amide bonds. The number of amides is 1. The Morgan fingerprint density at radius 1 is 1.19 bits per heavy atom. The van der Waals surface area contributed by atoms with Gasteiger partial charge < -0.3 is 24.3 Å². The van der Waals surface area contributed by atoms with E-state index in [1.807, 2.05) is 30.9 Å². The van der Waals surface area contributed by atoms with Crippen molar-refractivity contribution in [2.75, 3.05) is 32.1 Å². The summed E-state index contributed by atoms with van der Waals surface area (Å²) >= 11 is 0. The van der Waals surface area contributed by atoms with E-state index >= 15 is 0 Å². The van der Waals surface area contributed by atoms with Crippen LogP contribution in [0.25, 0.3) is 22.4 Å². The molecule has 1 aliphatic heterocycles. The second-order valence-corrected chi connectivity index (χ2v) is 8.97. The number of rotatable bonds is 5. The van der Waals surface area contributed by atoms with Crippen LogP contribution in [0.2, 0.25) is 0 Å². The van der Waals surface area contributed by atoms with Crippen LogP contribution in [0.3, 0.4) is 0 Å². The molecule has 1 saturated heterocycles. The third-order valence-corrected chi connectivity index (χ3v) is 5.91. The van der Waals surface area contributed by atoms with Crippen LogP contribution < -0.4 is 9.64 Å². The minimum atomic E-state index is -0.699. The first-order chi connectivity index (χ1) is 17.3. The summed E-state index contributed by atoms with van der Waals surface area (Å²) in [5.74, 6) is -0.373. The zero-order valence-corrected chi connectivity index (χ0v) is 20.4. The van der Waals surface area contributed by atoms with Gasteiger partial charge in [-0.1, -0.05) is 0 Å². The summed E-state index contributed by atoms with van der Waals surface area (Å²) in [6.45, 7) is 5.09. The molecule has 10 nitrogen and oxygen atoms in total. The summed E-state index contributed by atoms with van der Waals surface area (Å²) in [5, 5.41) is 0.900. The number of halogens is 1. The van der Waals surface area contributed by atoms with Gasteiger partial charge in [-0.15, -0.1) is 0 Å². The van der Waals surface area contributed by atoms with Gasteiger partial charge in [-0.25, -0.2) is 9.37 Å². The van der Waals surface area contributed by atoms with Crippen molar-refractivity contribution in [3.63, 3.8) is 0 Å². The van der Waals surface area contributed by atoms with Crippen LogP contribution in [0.4, 0.5) is 10.3 Å². The van der Waals surface area contributed by atoms with E-state index in [1.165, 1.54) is 17.0 Å². The fourth-order valence-corrected chi connectivity index (χ4v) is 3.97. The van der Waals surface area contributed by atoms with Crippen molar-refractivity contribution in [1.82, 2.24) is 29.8 Å². The van der Waals surface area contributed by atoms with Crippen LogP contribution in [0.1, 0.15) is 24.2 Å². The number of benzene rings is 1. The first-order valence-electron chi connectivity index (χ1n) is 11.6. The fraction of sp³-hybridized carbons (Fsp3) is 0.320. The number of nitrogens with zero attached hydrogens (tertiary/aromatic N) is 6. The second-order valence-electron chi connectivity index (χ2n) is 8.97. The monoisotopic (exact) mass is 491 g/mol. The molecular weight excluding hydrogens is 465 g/mol. The Morgan fingerprint density at radius 3 is 2.81 bits per heavy atom. The topological polar surface area (TPSA) is 109 Å². The molecule has 1 aromatic carbocycles. The van der Waals surface area contributed by atoms with Crippen molar-refractivity contribution in [2.45, 2.75) is 26.0 Å². The van der Waals surface area contributed by atoms with E-state index in [9.17, 15) is 9.18 Å². The number of hydrogen-bond donors (Lipinski definition) is 1. The molecule has 1 N–H and O–H groups in total. The maximum Gasteiger partial charge on any atom is 0.327 e. The lowest BCUT2D eigenvalue weighted by Gasteiger charge is -2.36. The van der Waals surface area contributed by atoms with Crippen LogP contribution >= 0.6 is 0 Å². The van der Waals surface area contributed by atoms with Crippen molar-refractivity contribution in [1.29, 1.82) is 0 Å². The van der Waals surface area contributed by atoms with E-state index in [1.54, 1.807) is 26.5 Å². The number of morpholine rings is 1. The molecule has 3 aromatic heterocycles. The Balaban J connectivity index is 1.55. The lowest BCUT2D eigenvalue weighted by atomic mass is 10.2. The zero-order valence-electron chi connectivity index (χ0n) is 20.4. The number of H-pyrrole nitrogens is 1. The zero-order chi connectivity index (χ0) is 25.4. The van der Waals surface area contributed by atoms with E-state index in [2.05, 4.69) is 19.9 Å². The highest BCUT2D eigenvalue weighted by Crippen LogP contribution is 2.29. The Labute approximate surface area is 207 Å². The third kappa shape index (κ3) is 4.69. The number of carbonyl (C=O) groups excluding carboxylic acids is 1. The van der Waals surface area contributed by atoms with Crippen LogP contribution in [0, 0.1) is 5.82 Å². The average molecular weight is 492 g/mol. The van der Waals surface area contributed by atoms with E-state index in [-0.39, 0.29) is 35.4 Å². The molecule has 1 aliphatic rings. The van der Waals surface area contributed by atoms with Crippen LogP contribution in [-0.4, -0.2) is 75.1 Å². The molecule has 0 unspecified atom stereocenters. The van der Waals surface area contributed by atoms with Crippen LogP contribution in [-0.2, 0) is 4.74 Å². The maximum atomic E-state index is 14.9. The predicted octanol–water partition coefficient (Wildman–Crippen LogP) is 3.66. The maximum absolute atomic E-state index is 14.9. The van der Waals surface area contributed by atoms with Gasteiger partial charge in [0.1, 0.15) is 5.65 Å². The average Bonchev–Trinajstić information content (AvgIpc) is 3.34. The molecule has 4 heterocycles. The van der Waals surface area contributed by atoms with Gasteiger partial charge in [-0.05, 0) is 44.2 Å². The predicted molar refractivity (Wildman–Crippen MR) is 132 cm³/mol. The summed E-state index contributed by atoms with van der Waals surface area (Å²) in [6, 6.07) is 7.79. The van der Waals surface area contributed by atoms with E-state index < -0.39 is 5.82 Å². The van der Waals surface area contributed by atoms with Crippen LogP contribution in [0.15, 0.2) is 42.7 Å². The lowest BCUT2D eigenvalue weighted by molar-refractivity contribution is 0.0336. The van der Waals surface area contributed by atoms with E-state index in [0.29, 0.717) is 30.5 Å². The van der Waals surface area contributed by atoms with Crippen molar-refractivity contribution in [3.05, 3.63) is 54.1 Å². The molecule has 2 atom stereocenters. The highest BCUT2D eigenvalue weighted by Gasteiger charge is 2.27. The number of ether oxygens (including phenoxy) is 2. The molecule has 11 heteroatoms. The number of fused-ring (bicyclic) bond motifs is 1. The summed E-state index contributed by atoms with van der Waals surface area (Å²) < 4.78 is 26.4. The van der Waals surface area contributed by atoms with Crippen molar-refractivity contribution in [3.8, 4) is 23.1 Å². The van der Waals surface area contributed by atoms with E-state index in [0.717, 1.165) is 17.1 Å². The number of aromatic amines is 1. The Bertz CT molecular complexity index is 1420. The number of nitrogens with one attached hydrogen (secondary N) is 1. The quantitative estimate of drug-likeness (QED) is 0.451. The van der Waals surface area contributed by atoms with Gasteiger partial charge in [-0.3, -0.25) is 4.79 Å². The standard InChI is InChI=1S/C25H26FN7O3/c1-14-13-35-15(2)12-33(14)24-29-22(18-9-16-7-8-27-21(16)28-11-18)30-25(31-24)36-20-6-5-17(10-19(20)26)23(34)32(3)4/h5-11,14-15H,12-13H2,1-4H3,(H,27,28)/t14-,15+/m0/s1. The fourth-order valence-electron chi connectivity index (χ4n) is 3.97. The van der Waals surface area contributed by atoms with Crippen molar-refractivity contribution >= 4 is 22.9 Å². The molecule has 0 radical (unpaired) electrons. The highest BCUT2D eigenvalue weighted by atomic mass is 19.1. The number of anilines is 1. The number of aromatic nitrogens is 5. The summed E-state index contributed by atoms with van der Waals surface area (Å²) in [5.41, 5.74) is 1.62. The highest BCUT2D eigenvalue weighted by molar-refractivity contribution is 5.94. The normalized spacial score (nSPS) is 17.9. The molecule has 36 heavy (non-hydrogen) atoms. The molecule has 5 rings (SSSR count). The number of hydrogen-bond acceptors (Lipinski definition) is 8. The summed E-state index contributed by atoms with van der Waals surface area (Å²) in [7, 11) is 3.21. The molecule has 1 fully saturated rings.